The molecular weight excluding hydrogens is 388 g/mol. The van der Waals surface area contributed by atoms with Gasteiger partial charge in [-0.15, -0.1) is 0 Å². The van der Waals surface area contributed by atoms with Crippen molar-refractivity contribution < 1.29 is 18.7 Å². The monoisotopic (exact) mass is 408 g/mol. The third-order valence-electron chi connectivity index (χ3n) is 4.50. The summed E-state index contributed by atoms with van der Waals surface area (Å²) in [7, 11) is 3.23. The van der Waals surface area contributed by atoms with Crippen LogP contribution in [0.25, 0.3) is 10.2 Å². The summed E-state index contributed by atoms with van der Waals surface area (Å²) in [5, 5.41) is 3.36. The Balaban J connectivity index is 1.50. The molecule has 0 saturated heterocycles. The number of aromatic nitrogens is 1. The topological polar surface area (TPSA) is 73.6 Å². The first-order valence-electron chi connectivity index (χ1n) is 9.04. The summed E-state index contributed by atoms with van der Waals surface area (Å²) in [6.45, 7) is 2.03. The molecule has 0 spiro atoms. The first kappa shape index (κ1) is 19.0. The summed E-state index contributed by atoms with van der Waals surface area (Å²) < 4.78 is 17.5. The van der Waals surface area contributed by atoms with Crippen LogP contribution in [-0.2, 0) is 6.42 Å². The maximum Gasteiger partial charge on any atom is 0.293 e. The number of methoxy groups -OCH3 is 2. The predicted octanol–water partition coefficient (Wildman–Crippen LogP) is 5.06. The zero-order valence-electron chi connectivity index (χ0n) is 16.3. The van der Waals surface area contributed by atoms with Crippen molar-refractivity contribution in [3.63, 3.8) is 0 Å². The summed E-state index contributed by atoms with van der Waals surface area (Å²) >= 11 is 1.44. The van der Waals surface area contributed by atoms with Crippen LogP contribution in [0.2, 0.25) is 0 Å². The second kappa shape index (κ2) is 7.97. The molecule has 4 rings (SSSR count). The van der Waals surface area contributed by atoms with E-state index in [1.165, 1.54) is 11.3 Å². The van der Waals surface area contributed by atoms with Gasteiger partial charge in [0.2, 0.25) is 0 Å². The fourth-order valence-corrected chi connectivity index (χ4v) is 4.01. The van der Waals surface area contributed by atoms with Crippen LogP contribution < -0.4 is 14.8 Å². The minimum Gasteiger partial charge on any atom is -0.497 e. The molecule has 148 valence electrons. The van der Waals surface area contributed by atoms with Crippen molar-refractivity contribution in [2.75, 3.05) is 19.5 Å². The third kappa shape index (κ3) is 4.09. The lowest BCUT2D eigenvalue weighted by Gasteiger charge is -2.09. The van der Waals surface area contributed by atoms with Gasteiger partial charge in [0.05, 0.1) is 24.4 Å². The second-order valence-electron chi connectivity index (χ2n) is 6.56. The van der Waals surface area contributed by atoms with E-state index in [4.69, 9.17) is 13.9 Å². The number of nitrogens with zero attached hydrogens (tertiary/aromatic N) is 1. The number of hydrogen-bond donors (Lipinski definition) is 1. The zero-order chi connectivity index (χ0) is 20.4. The Bertz CT molecular complexity index is 1180. The van der Waals surface area contributed by atoms with Gasteiger partial charge in [-0.2, -0.15) is 0 Å². The number of hydrogen-bond acceptors (Lipinski definition) is 6. The quantitative estimate of drug-likeness (QED) is 0.483. The maximum atomic E-state index is 12.6. The van der Waals surface area contributed by atoms with Gasteiger partial charge in [0, 0.05) is 12.0 Å². The van der Waals surface area contributed by atoms with Gasteiger partial charge in [-0.3, -0.25) is 10.1 Å². The average molecular weight is 408 g/mol. The number of furan rings is 1. The molecular formula is C22H20N2O4S. The van der Waals surface area contributed by atoms with Crippen molar-refractivity contribution in [2.45, 2.75) is 13.3 Å². The first-order chi connectivity index (χ1) is 14.1. The molecule has 6 nitrogen and oxygen atoms in total. The molecule has 0 aliphatic rings. The van der Waals surface area contributed by atoms with E-state index in [1.54, 1.807) is 26.4 Å². The average Bonchev–Trinajstić information content (AvgIpc) is 3.34. The highest BCUT2D eigenvalue weighted by atomic mass is 32.1. The summed E-state index contributed by atoms with van der Waals surface area (Å²) in [6, 6.07) is 15.0. The van der Waals surface area contributed by atoms with Crippen LogP contribution in [0.4, 0.5) is 5.13 Å². The minimum absolute atomic E-state index is 0.234. The van der Waals surface area contributed by atoms with Crippen LogP contribution in [0.15, 0.2) is 52.9 Å². The molecule has 0 atom stereocenters. The number of anilines is 1. The first-order valence-corrected chi connectivity index (χ1v) is 9.85. The smallest absolute Gasteiger partial charge is 0.293 e. The zero-order valence-corrected chi connectivity index (χ0v) is 17.1. The molecule has 0 radical (unpaired) electrons. The van der Waals surface area contributed by atoms with Crippen LogP contribution in [-0.4, -0.2) is 25.1 Å². The Morgan fingerprint density at radius 2 is 1.97 bits per heavy atom. The van der Waals surface area contributed by atoms with Crippen LogP contribution in [0.3, 0.4) is 0 Å². The number of carbonyl (C=O) groups is 1. The summed E-state index contributed by atoms with van der Waals surface area (Å²) in [4.78, 5) is 17.0. The number of benzene rings is 2. The molecule has 1 N–H and O–H groups in total. The van der Waals surface area contributed by atoms with Gasteiger partial charge in [-0.1, -0.05) is 17.4 Å². The standard InChI is InChI=1S/C22H20N2O4S/c1-13-4-7-17-20(10-13)29-22(23-17)24-21(25)19-9-6-16(28-19)12-14-11-15(26-2)5-8-18(14)27-3/h4-11H,12H2,1-3H3,(H,23,24,25). The largest absolute Gasteiger partial charge is 0.497 e. The molecule has 2 aromatic heterocycles. The summed E-state index contributed by atoms with van der Waals surface area (Å²) in [5.74, 6) is 2.03. The Morgan fingerprint density at radius 3 is 2.76 bits per heavy atom. The number of aryl methyl sites for hydroxylation is 1. The molecule has 0 bridgehead atoms. The van der Waals surface area contributed by atoms with E-state index in [9.17, 15) is 4.79 Å². The van der Waals surface area contributed by atoms with E-state index in [0.717, 1.165) is 32.8 Å². The molecule has 2 aromatic carbocycles. The molecule has 29 heavy (non-hydrogen) atoms. The van der Waals surface area contributed by atoms with E-state index in [0.29, 0.717) is 17.3 Å². The van der Waals surface area contributed by atoms with E-state index < -0.39 is 0 Å². The fraction of sp³-hybridized carbons (Fsp3) is 0.182. The highest BCUT2D eigenvalue weighted by molar-refractivity contribution is 7.22. The number of ether oxygens (including phenoxy) is 2. The van der Waals surface area contributed by atoms with Crippen molar-refractivity contribution in [1.29, 1.82) is 0 Å². The van der Waals surface area contributed by atoms with E-state index in [-0.39, 0.29) is 11.7 Å². The van der Waals surface area contributed by atoms with Gasteiger partial charge in [0.25, 0.3) is 5.91 Å². The number of amides is 1. The van der Waals surface area contributed by atoms with Gasteiger partial charge in [0.15, 0.2) is 10.9 Å². The third-order valence-corrected chi connectivity index (χ3v) is 5.44. The molecule has 1 amide bonds. The van der Waals surface area contributed by atoms with E-state index in [2.05, 4.69) is 16.4 Å². The van der Waals surface area contributed by atoms with E-state index in [1.807, 2.05) is 37.3 Å². The number of carbonyl (C=O) groups excluding carboxylic acids is 1. The Kier molecular flexibility index (Phi) is 5.22. The van der Waals surface area contributed by atoms with Gasteiger partial charge >= 0.3 is 0 Å². The van der Waals surface area contributed by atoms with Crippen LogP contribution in [0.5, 0.6) is 11.5 Å². The second-order valence-corrected chi connectivity index (χ2v) is 7.60. The number of nitrogens with one attached hydrogen (secondary N) is 1. The SMILES string of the molecule is COc1ccc(OC)c(Cc2ccc(C(=O)Nc3nc4ccc(C)cc4s3)o2)c1. The molecule has 2 heterocycles. The van der Waals surface area contributed by atoms with Gasteiger partial charge < -0.3 is 13.9 Å². The van der Waals surface area contributed by atoms with Gasteiger partial charge in [0.1, 0.15) is 17.3 Å². The summed E-state index contributed by atoms with van der Waals surface area (Å²) in [5.41, 5.74) is 2.93. The molecule has 0 fully saturated rings. The minimum atomic E-state index is -0.329. The van der Waals surface area contributed by atoms with Gasteiger partial charge in [-0.25, -0.2) is 4.98 Å². The molecule has 0 aliphatic carbocycles. The Hall–Kier alpha value is -3.32. The molecule has 0 unspecified atom stereocenters. The highest BCUT2D eigenvalue weighted by Crippen LogP contribution is 2.29. The Labute approximate surface area is 172 Å². The van der Waals surface area contributed by atoms with Crippen molar-refractivity contribution in [2.24, 2.45) is 0 Å². The van der Waals surface area contributed by atoms with Gasteiger partial charge in [-0.05, 0) is 55.0 Å². The lowest BCUT2D eigenvalue weighted by Crippen LogP contribution is -2.10. The molecule has 7 heteroatoms. The van der Waals surface area contributed by atoms with Crippen LogP contribution in [0.1, 0.15) is 27.4 Å². The number of rotatable bonds is 6. The van der Waals surface area contributed by atoms with Crippen molar-refractivity contribution in [1.82, 2.24) is 4.98 Å². The number of fused-ring (bicyclic) bond motifs is 1. The fourth-order valence-electron chi connectivity index (χ4n) is 3.05. The molecule has 4 aromatic rings. The van der Waals surface area contributed by atoms with Crippen molar-refractivity contribution in [3.05, 3.63) is 71.2 Å². The normalized spacial score (nSPS) is 10.9. The van der Waals surface area contributed by atoms with Crippen molar-refractivity contribution in [3.8, 4) is 11.5 Å². The maximum absolute atomic E-state index is 12.6. The number of thiazole rings is 1. The summed E-state index contributed by atoms with van der Waals surface area (Å²) in [6.07, 6.45) is 0.480. The predicted molar refractivity (Wildman–Crippen MR) is 113 cm³/mol. The van der Waals surface area contributed by atoms with Crippen LogP contribution in [0, 0.1) is 6.92 Å². The van der Waals surface area contributed by atoms with E-state index >= 15 is 0 Å². The Morgan fingerprint density at radius 1 is 1.10 bits per heavy atom. The molecule has 0 aliphatic heterocycles. The van der Waals surface area contributed by atoms with Crippen LogP contribution >= 0.6 is 11.3 Å². The van der Waals surface area contributed by atoms with Crippen molar-refractivity contribution >= 4 is 32.6 Å². The lowest BCUT2D eigenvalue weighted by molar-refractivity contribution is 0.0995. The highest BCUT2D eigenvalue weighted by Gasteiger charge is 2.15. The lowest BCUT2D eigenvalue weighted by atomic mass is 10.1. The molecule has 0 saturated carbocycles.